The van der Waals surface area contributed by atoms with Crippen molar-refractivity contribution in [3.63, 3.8) is 0 Å². The smallest absolute Gasteiger partial charge is 0.254 e. The summed E-state index contributed by atoms with van der Waals surface area (Å²) in [6.45, 7) is 0.658. The van der Waals surface area contributed by atoms with Crippen LogP contribution >= 0.6 is 0 Å². The SMILES string of the molecule is [B]c1cccc(CN(C(=O)c2ccccc2)C2C3CCCC4CC2CC4C3)c1. The standard InChI is InChI=1S/C25H28BNO/c26-23-11-4-6-17(12-23)16-27(25(28)18-7-2-1-3-8-18)24-20-10-5-9-19-13-22(24)15-21(19)14-20/h1-4,6-8,11-12,19-22,24H,5,9-10,13-16H2. The Balaban J connectivity index is 1.51. The Morgan fingerprint density at radius 2 is 1.64 bits per heavy atom. The Bertz CT molecular complexity index is 851. The molecule has 28 heavy (non-hydrogen) atoms. The number of rotatable bonds is 4. The van der Waals surface area contributed by atoms with Crippen LogP contribution < -0.4 is 5.46 Å². The van der Waals surface area contributed by atoms with Gasteiger partial charge in [0.1, 0.15) is 7.85 Å². The Morgan fingerprint density at radius 1 is 0.893 bits per heavy atom. The lowest BCUT2D eigenvalue weighted by atomic mass is 9.74. The topological polar surface area (TPSA) is 20.3 Å². The van der Waals surface area contributed by atoms with E-state index in [1.807, 2.05) is 48.5 Å². The van der Waals surface area contributed by atoms with E-state index in [1.54, 1.807) is 0 Å². The lowest BCUT2D eigenvalue weighted by Crippen LogP contribution is -2.49. The number of carbonyl (C=O) groups is 1. The van der Waals surface area contributed by atoms with E-state index in [4.69, 9.17) is 7.85 Å². The zero-order valence-corrected chi connectivity index (χ0v) is 16.5. The lowest BCUT2D eigenvalue weighted by molar-refractivity contribution is 0.0337. The Morgan fingerprint density at radius 3 is 2.46 bits per heavy atom. The van der Waals surface area contributed by atoms with Crippen LogP contribution in [0.15, 0.2) is 54.6 Å². The molecule has 0 saturated heterocycles. The summed E-state index contributed by atoms with van der Waals surface area (Å²) < 4.78 is 0. The van der Waals surface area contributed by atoms with Crippen LogP contribution in [0, 0.1) is 23.7 Å². The Labute approximate surface area is 169 Å². The van der Waals surface area contributed by atoms with E-state index in [2.05, 4.69) is 11.0 Å². The molecule has 3 aliphatic carbocycles. The van der Waals surface area contributed by atoms with E-state index in [0.717, 1.165) is 28.4 Å². The Hall–Kier alpha value is -2.03. The van der Waals surface area contributed by atoms with Crippen LogP contribution in [-0.4, -0.2) is 24.7 Å². The number of carbonyl (C=O) groups excluding carboxylic acids is 1. The van der Waals surface area contributed by atoms with Crippen molar-refractivity contribution in [3.8, 4) is 0 Å². The fourth-order valence-corrected chi connectivity index (χ4v) is 6.48. The molecule has 142 valence electrons. The van der Waals surface area contributed by atoms with Gasteiger partial charge >= 0.3 is 0 Å². The molecule has 0 spiro atoms. The summed E-state index contributed by atoms with van der Waals surface area (Å²) in [4.78, 5) is 15.9. The van der Waals surface area contributed by atoms with Crippen molar-refractivity contribution in [1.29, 1.82) is 0 Å². The summed E-state index contributed by atoms with van der Waals surface area (Å²) in [5, 5.41) is 0. The number of amides is 1. The van der Waals surface area contributed by atoms with Crippen molar-refractivity contribution in [2.45, 2.75) is 51.1 Å². The molecule has 5 rings (SSSR count). The van der Waals surface area contributed by atoms with Gasteiger partial charge in [0, 0.05) is 18.2 Å². The third-order valence-corrected chi connectivity index (χ3v) is 7.54. The first-order valence-corrected chi connectivity index (χ1v) is 10.9. The van der Waals surface area contributed by atoms with Crippen molar-refractivity contribution in [2.24, 2.45) is 23.7 Å². The minimum atomic E-state index is 0.181. The van der Waals surface area contributed by atoms with Crippen LogP contribution in [0.25, 0.3) is 0 Å². The van der Waals surface area contributed by atoms with Crippen molar-refractivity contribution in [3.05, 3.63) is 65.7 Å². The summed E-state index contributed by atoms with van der Waals surface area (Å²) in [7, 11) is 6.04. The van der Waals surface area contributed by atoms with Crippen LogP contribution in [0.3, 0.4) is 0 Å². The maximum atomic E-state index is 13.7. The molecule has 3 heteroatoms. The molecule has 3 bridgehead atoms. The summed E-state index contributed by atoms with van der Waals surface area (Å²) >= 11 is 0. The second-order valence-corrected chi connectivity index (χ2v) is 9.21. The molecule has 0 heterocycles. The largest absolute Gasteiger partial charge is 0.331 e. The predicted octanol–water partition coefficient (Wildman–Crippen LogP) is 4.34. The monoisotopic (exact) mass is 369 g/mol. The van der Waals surface area contributed by atoms with Crippen LogP contribution in [-0.2, 0) is 6.54 Å². The van der Waals surface area contributed by atoms with E-state index in [-0.39, 0.29) is 5.91 Å². The molecule has 3 fully saturated rings. The fourth-order valence-electron chi connectivity index (χ4n) is 6.48. The van der Waals surface area contributed by atoms with E-state index < -0.39 is 0 Å². The average molecular weight is 369 g/mol. The van der Waals surface area contributed by atoms with Gasteiger partial charge in [-0.05, 0) is 67.1 Å². The second-order valence-electron chi connectivity index (χ2n) is 9.21. The van der Waals surface area contributed by atoms with Gasteiger partial charge in [-0.1, -0.05) is 60.8 Å². The number of benzene rings is 2. The first-order chi connectivity index (χ1) is 13.7. The highest BCUT2D eigenvalue weighted by Gasteiger charge is 2.50. The van der Waals surface area contributed by atoms with Gasteiger partial charge in [-0.15, -0.1) is 0 Å². The normalized spacial score (nSPS) is 30.8. The molecule has 2 nitrogen and oxygen atoms in total. The third kappa shape index (κ3) is 3.29. The molecule has 3 saturated carbocycles. The summed E-state index contributed by atoms with van der Waals surface area (Å²) in [6.07, 6.45) is 7.99. The molecule has 2 aromatic carbocycles. The maximum absolute atomic E-state index is 13.7. The van der Waals surface area contributed by atoms with Gasteiger partial charge in [0.15, 0.2) is 0 Å². The van der Waals surface area contributed by atoms with Gasteiger partial charge in [-0.3, -0.25) is 4.79 Å². The van der Waals surface area contributed by atoms with Gasteiger partial charge in [0.25, 0.3) is 5.91 Å². The molecular formula is C25H28BNO. The zero-order chi connectivity index (χ0) is 19.1. The summed E-state index contributed by atoms with van der Waals surface area (Å²) in [6, 6.07) is 18.2. The van der Waals surface area contributed by atoms with Crippen LogP contribution in [0.4, 0.5) is 0 Å². The van der Waals surface area contributed by atoms with Gasteiger partial charge in [0.05, 0.1) is 0 Å². The minimum Gasteiger partial charge on any atom is -0.331 e. The van der Waals surface area contributed by atoms with E-state index in [9.17, 15) is 4.79 Å². The third-order valence-electron chi connectivity index (χ3n) is 7.54. The highest BCUT2D eigenvalue weighted by Crippen LogP contribution is 2.55. The second kappa shape index (κ2) is 7.42. The molecule has 3 aliphatic rings. The molecule has 5 atom stereocenters. The number of hydrogen-bond acceptors (Lipinski definition) is 1. The molecule has 1 amide bonds. The summed E-state index contributed by atoms with van der Waals surface area (Å²) in [5.41, 5.74) is 2.71. The van der Waals surface area contributed by atoms with Gasteiger partial charge in [-0.2, -0.15) is 0 Å². The molecule has 2 aromatic rings. The molecule has 5 unspecified atom stereocenters. The van der Waals surface area contributed by atoms with E-state index in [1.165, 1.54) is 38.5 Å². The van der Waals surface area contributed by atoms with Crippen LogP contribution in [0.2, 0.25) is 0 Å². The molecule has 0 N–H and O–H groups in total. The Kier molecular flexibility index (Phi) is 4.78. The highest BCUT2D eigenvalue weighted by atomic mass is 16.2. The minimum absolute atomic E-state index is 0.181. The first kappa shape index (κ1) is 18.0. The number of nitrogens with zero attached hydrogens (tertiary/aromatic N) is 1. The van der Waals surface area contributed by atoms with Gasteiger partial charge < -0.3 is 4.90 Å². The maximum Gasteiger partial charge on any atom is 0.254 e. The summed E-state index contributed by atoms with van der Waals surface area (Å²) in [5.74, 6) is 3.32. The zero-order valence-electron chi connectivity index (χ0n) is 16.5. The highest BCUT2D eigenvalue weighted by molar-refractivity contribution is 6.32. The van der Waals surface area contributed by atoms with E-state index in [0.29, 0.717) is 24.4 Å². The van der Waals surface area contributed by atoms with Gasteiger partial charge in [0.2, 0.25) is 0 Å². The van der Waals surface area contributed by atoms with Crippen LogP contribution in [0.5, 0.6) is 0 Å². The molecule has 2 radical (unpaired) electrons. The quantitative estimate of drug-likeness (QED) is 0.735. The number of fused-ring (bicyclic) bond motifs is 2. The van der Waals surface area contributed by atoms with Crippen LogP contribution in [0.1, 0.15) is 54.4 Å². The molecular weight excluding hydrogens is 341 g/mol. The van der Waals surface area contributed by atoms with Crippen molar-refractivity contribution < 1.29 is 4.79 Å². The number of hydrogen-bond donors (Lipinski definition) is 0. The average Bonchev–Trinajstić information content (AvgIpc) is 2.94. The van der Waals surface area contributed by atoms with Crippen molar-refractivity contribution in [2.75, 3.05) is 0 Å². The lowest BCUT2D eigenvalue weighted by Gasteiger charge is -2.44. The van der Waals surface area contributed by atoms with Crippen molar-refractivity contribution in [1.82, 2.24) is 4.90 Å². The molecule has 0 aromatic heterocycles. The molecule has 0 aliphatic heterocycles. The predicted molar refractivity (Wildman–Crippen MR) is 114 cm³/mol. The fraction of sp³-hybridized carbons (Fsp3) is 0.480. The van der Waals surface area contributed by atoms with E-state index >= 15 is 0 Å². The van der Waals surface area contributed by atoms with Crippen molar-refractivity contribution >= 4 is 19.2 Å². The first-order valence-electron chi connectivity index (χ1n) is 10.9. The van der Waals surface area contributed by atoms with Gasteiger partial charge in [-0.25, -0.2) is 0 Å².